The van der Waals surface area contributed by atoms with E-state index in [2.05, 4.69) is 55.4 Å². The molecular formula is C17H26N2. The van der Waals surface area contributed by atoms with Gasteiger partial charge in [-0.05, 0) is 45.1 Å². The zero-order valence-corrected chi connectivity index (χ0v) is 12.4. The van der Waals surface area contributed by atoms with Crippen LogP contribution in [-0.2, 0) is 0 Å². The lowest BCUT2D eigenvalue weighted by Gasteiger charge is -2.25. The van der Waals surface area contributed by atoms with Crippen molar-refractivity contribution in [2.75, 3.05) is 7.05 Å². The fraction of sp³-hybridized carbons (Fsp3) is 0.529. The number of rotatable bonds is 6. The van der Waals surface area contributed by atoms with Crippen LogP contribution in [0.1, 0.15) is 33.1 Å². The molecule has 0 radical (unpaired) electrons. The van der Waals surface area contributed by atoms with Gasteiger partial charge in [-0.1, -0.05) is 30.4 Å². The van der Waals surface area contributed by atoms with E-state index in [0.717, 1.165) is 18.0 Å². The van der Waals surface area contributed by atoms with E-state index >= 15 is 0 Å². The minimum absolute atomic E-state index is 0.328. The van der Waals surface area contributed by atoms with Crippen LogP contribution in [0.5, 0.6) is 0 Å². The molecule has 19 heavy (non-hydrogen) atoms. The first-order valence-corrected chi connectivity index (χ1v) is 7.30. The zero-order chi connectivity index (χ0) is 13.8. The van der Waals surface area contributed by atoms with E-state index < -0.39 is 0 Å². The lowest BCUT2D eigenvalue weighted by molar-refractivity contribution is 0.599. The smallest absolute Gasteiger partial charge is 0.0432 e. The Morgan fingerprint density at radius 2 is 2.21 bits per heavy atom. The summed E-state index contributed by atoms with van der Waals surface area (Å²) >= 11 is 0. The Hall–Kier alpha value is -1.44. The normalized spacial score (nSPS) is 24.7. The maximum absolute atomic E-state index is 4.23. The largest absolute Gasteiger partial charge is 0.391 e. The molecule has 2 aliphatic carbocycles. The van der Waals surface area contributed by atoms with Crippen LogP contribution in [0.3, 0.4) is 0 Å². The molecule has 2 heteroatoms. The van der Waals surface area contributed by atoms with E-state index in [0.29, 0.717) is 12.0 Å². The second kappa shape index (κ2) is 6.14. The number of nitrogens with one attached hydrogen (secondary N) is 2. The average Bonchev–Trinajstić information content (AvgIpc) is 3.20. The third-order valence-corrected chi connectivity index (χ3v) is 3.99. The van der Waals surface area contributed by atoms with Gasteiger partial charge in [-0.3, -0.25) is 0 Å². The van der Waals surface area contributed by atoms with Crippen LogP contribution in [0.25, 0.3) is 0 Å². The lowest BCUT2D eigenvalue weighted by atomic mass is 9.90. The quantitative estimate of drug-likeness (QED) is 0.762. The summed E-state index contributed by atoms with van der Waals surface area (Å²) in [5, 5.41) is 6.87. The van der Waals surface area contributed by atoms with Gasteiger partial charge < -0.3 is 10.6 Å². The Labute approximate surface area is 117 Å². The molecule has 2 N–H and O–H groups in total. The summed E-state index contributed by atoms with van der Waals surface area (Å²) in [6.45, 7) is 8.61. The molecule has 1 saturated carbocycles. The minimum Gasteiger partial charge on any atom is -0.391 e. The third kappa shape index (κ3) is 3.76. The van der Waals surface area contributed by atoms with Gasteiger partial charge in [0, 0.05) is 30.4 Å². The Kier molecular flexibility index (Phi) is 4.52. The van der Waals surface area contributed by atoms with Gasteiger partial charge in [0.2, 0.25) is 0 Å². The maximum Gasteiger partial charge on any atom is 0.0432 e. The van der Waals surface area contributed by atoms with Gasteiger partial charge in [0.25, 0.3) is 0 Å². The van der Waals surface area contributed by atoms with Crippen LogP contribution >= 0.6 is 0 Å². The van der Waals surface area contributed by atoms with Gasteiger partial charge in [-0.15, -0.1) is 0 Å². The Balaban J connectivity index is 1.91. The highest BCUT2D eigenvalue weighted by Crippen LogP contribution is 2.35. The zero-order valence-electron chi connectivity index (χ0n) is 12.4. The molecule has 0 bridgehead atoms. The summed E-state index contributed by atoms with van der Waals surface area (Å²) in [4.78, 5) is 0. The molecular weight excluding hydrogens is 232 g/mol. The van der Waals surface area contributed by atoms with Crippen molar-refractivity contribution in [2.24, 2.45) is 11.8 Å². The second-order valence-corrected chi connectivity index (χ2v) is 5.73. The average molecular weight is 258 g/mol. The monoisotopic (exact) mass is 258 g/mol. The highest BCUT2D eigenvalue weighted by atomic mass is 14.9. The van der Waals surface area contributed by atoms with E-state index in [9.17, 15) is 0 Å². The maximum atomic E-state index is 4.23. The predicted molar refractivity (Wildman–Crippen MR) is 82.6 cm³/mol. The second-order valence-electron chi connectivity index (χ2n) is 5.73. The van der Waals surface area contributed by atoms with Crippen molar-refractivity contribution in [3.05, 3.63) is 47.9 Å². The van der Waals surface area contributed by atoms with Crippen molar-refractivity contribution in [1.29, 1.82) is 0 Å². The summed E-state index contributed by atoms with van der Waals surface area (Å²) in [5.74, 6) is 1.21. The van der Waals surface area contributed by atoms with Crippen LogP contribution in [0.4, 0.5) is 0 Å². The third-order valence-electron chi connectivity index (χ3n) is 3.99. The number of allylic oxidation sites excluding steroid dienone is 5. The van der Waals surface area contributed by atoms with Crippen LogP contribution < -0.4 is 10.6 Å². The van der Waals surface area contributed by atoms with Crippen molar-refractivity contribution in [2.45, 2.75) is 39.2 Å². The first-order chi connectivity index (χ1) is 9.11. The van der Waals surface area contributed by atoms with Crippen LogP contribution in [-0.4, -0.2) is 13.1 Å². The van der Waals surface area contributed by atoms with Gasteiger partial charge in [0.05, 0.1) is 0 Å². The SMILES string of the molecule is C=C(NC(C)/C=C(\NC)C1CC1)C1CC=CC=C1C. The summed E-state index contributed by atoms with van der Waals surface area (Å²) in [5.41, 5.74) is 3.91. The molecule has 0 heterocycles. The summed E-state index contributed by atoms with van der Waals surface area (Å²) in [7, 11) is 2.02. The molecule has 2 unspecified atom stereocenters. The van der Waals surface area contributed by atoms with Crippen molar-refractivity contribution in [3.8, 4) is 0 Å². The van der Waals surface area contributed by atoms with E-state index in [4.69, 9.17) is 0 Å². The van der Waals surface area contributed by atoms with E-state index in [1.54, 1.807) is 0 Å². The van der Waals surface area contributed by atoms with E-state index in [1.807, 2.05) is 7.05 Å². The number of hydrogen-bond acceptors (Lipinski definition) is 2. The van der Waals surface area contributed by atoms with Crippen molar-refractivity contribution in [3.63, 3.8) is 0 Å². The molecule has 0 spiro atoms. The molecule has 2 rings (SSSR count). The Bertz CT molecular complexity index is 425. The Morgan fingerprint density at radius 3 is 2.79 bits per heavy atom. The highest BCUT2D eigenvalue weighted by Gasteiger charge is 2.25. The molecule has 0 aromatic carbocycles. The fourth-order valence-electron chi connectivity index (χ4n) is 2.68. The molecule has 104 valence electrons. The standard InChI is InChI=1S/C17H26N2/c1-12-7-5-6-8-16(12)14(3)19-13(2)11-17(18-4)15-9-10-15/h5-7,11,13,15-16,18-19H,3,8-10H2,1-2,4H3/b17-11-. The van der Waals surface area contributed by atoms with Gasteiger partial charge in [0.15, 0.2) is 0 Å². The van der Waals surface area contributed by atoms with Gasteiger partial charge in [0.1, 0.15) is 0 Å². The van der Waals surface area contributed by atoms with Crippen molar-refractivity contribution < 1.29 is 0 Å². The molecule has 0 saturated heterocycles. The molecule has 0 aromatic rings. The first-order valence-electron chi connectivity index (χ1n) is 7.30. The summed E-state index contributed by atoms with van der Waals surface area (Å²) in [6, 6.07) is 0.328. The predicted octanol–water partition coefficient (Wildman–Crippen LogP) is 3.51. The highest BCUT2D eigenvalue weighted by molar-refractivity contribution is 5.27. The number of hydrogen-bond donors (Lipinski definition) is 2. The van der Waals surface area contributed by atoms with Gasteiger partial charge >= 0.3 is 0 Å². The van der Waals surface area contributed by atoms with Gasteiger partial charge in [-0.2, -0.15) is 0 Å². The van der Waals surface area contributed by atoms with Crippen LogP contribution in [0.15, 0.2) is 47.9 Å². The molecule has 0 aromatic heterocycles. The van der Waals surface area contributed by atoms with Crippen LogP contribution in [0, 0.1) is 11.8 Å². The molecule has 2 atom stereocenters. The molecule has 2 nitrogen and oxygen atoms in total. The fourth-order valence-corrected chi connectivity index (χ4v) is 2.68. The lowest BCUT2D eigenvalue weighted by Crippen LogP contribution is -2.29. The van der Waals surface area contributed by atoms with Crippen molar-refractivity contribution in [1.82, 2.24) is 10.6 Å². The topological polar surface area (TPSA) is 24.1 Å². The van der Waals surface area contributed by atoms with E-state index in [1.165, 1.54) is 24.1 Å². The minimum atomic E-state index is 0.328. The molecule has 2 aliphatic rings. The van der Waals surface area contributed by atoms with Crippen LogP contribution in [0.2, 0.25) is 0 Å². The summed E-state index contributed by atoms with van der Waals surface area (Å²) in [6.07, 6.45) is 12.6. The molecule has 0 aliphatic heterocycles. The molecule has 1 fully saturated rings. The van der Waals surface area contributed by atoms with Crippen molar-refractivity contribution >= 4 is 0 Å². The van der Waals surface area contributed by atoms with Gasteiger partial charge in [-0.25, -0.2) is 0 Å². The first kappa shape index (κ1) is 14.0. The summed E-state index contributed by atoms with van der Waals surface area (Å²) < 4.78 is 0. The van der Waals surface area contributed by atoms with E-state index in [-0.39, 0.29) is 0 Å². The Morgan fingerprint density at radius 1 is 1.47 bits per heavy atom. The molecule has 0 amide bonds.